The third-order valence-electron chi connectivity index (χ3n) is 2.14. The maximum atomic E-state index is 6.86. The van der Waals surface area contributed by atoms with Gasteiger partial charge in [-0.25, -0.2) is 0 Å². The zero-order chi connectivity index (χ0) is 13.1. The van der Waals surface area contributed by atoms with Crippen LogP contribution in [0.3, 0.4) is 0 Å². The molecule has 1 nitrogen and oxygen atoms in total. The van der Waals surface area contributed by atoms with Crippen LogP contribution in [-0.4, -0.2) is 6.21 Å². The fraction of sp³-hybridized carbons (Fsp3) is 0.188. The van der Waals surface area contributed by atoms with Crippen LogP contribution in [0.5, 0.6) is 0 Å². The highest BCUT2D eigenvalue weighted by molar-refractivity contribution is 5.79. The Kier molecular flexibility index (Phi) is 8.31. The molecule has 0 unspecified atom stereocenters. The summed E-state index contributed by atoms with van der Waals surface area (Å²) in [5.74, 6) is 0. The molecule has 0 saturated carbocycles. The maximum Gasteiger partial charge on any atom is 0.0246 e. The Bertz CT molecular complexity index is 373. The van der Waals surface area contributed by atoms with Crippen molar-refractivity contribution in [1.29, 1.82) is 5.41 Å². The van der Waals surface area contributed by atoms with E-state index in [0.717, 1.165) is 5.57 Å². The van der Waals surface area contributed by atoms with Gasteiger partial charge in [-0.2, -0.15) is 0 Å². The molecule has 1 heteroatoms. The summed E-state index contributed by atoms with van der Waals surface area (Å²) in [6.07, 6.45) is 8.50. The molecule has 1 aromatic rings. The molecule has 0 saturated heterocycles. The molecule has 1 N–H and O–H groups in total. The Hall–Kier alpha value is -1.89. The first kappa shape index (κ1) is 15.1. The van der Waals surface area contributed by atoms with E-state index in [1.54, 1.807) is 12.2 Å². The van der Waals surface area contributed by atoms with E-state index in [0.29, 0.717) is 0 Å². The summed E-state index contributed by atoms with van der Waals surface area (Å²) in [6.45, 7) is 9.60. The number of hydrogen-bond donors (Lipinski definition) is 1. The number of aryl methyl sites for hydroxylation is 2. The minimum Gasteiger partial charge on any atom is -0.308 e. The van der Waals surface area contributed by atoms with Crippen molar-refractivity contribution in [2.24, 2.45) is 0 Å². The number of allylic oxidation sites excluding steroid dienone is 5. The van der Waals surface area contributed by atoms with Gasteiger partial charge in [0.25, 0.3) is 0 Å². The average Bonchev–Trinajstić information content (AvgIpc) is 2.35. The predicted octanol–water partition coefficient (Wildman–Crippen LogP) is 4.63. The predicted molar refractivity (Wildman–Crippen MR) is 77.8 cm³/mol. The lowest BCUT2D eigenvalue weighted by Crippen LogP contribution is -1.73. The molecule has 0 radical (unpaired) electrons. The number of rotatable bonds is 3. The maximum absolute atomic E-state index is 6.86. The molecule has 0 fully saturated rings. The van der Waals surface area contributed by atoms with Crippen molar-refractivity contribution in [2.75, 3.05) is 0 Å². The van der Waals surface area contributed by atoms with E-state index in [2.05, 4.69) is 44.7 Å². The SMILES string of the molecule is C=C/C=C\C(C=N)=C/C.Cc1ccc(C)cc1. The lowest BCUT2D eigenvalue weighted by Gasteiger charge is -1.90. The topological polar surface area (TPSA) is 23.9 Å². The summed E-state index contributed by atoms with van der Waals surface area (Å²) in [6, 6.07) is 8.48. The fourth-order valence-corrected chi connectivity index (χ4v) is 1.04. The molecule has 0 aliphatic heterocycles. The van der Waals surface area contributed by atoms with Gasteiger partial charge in [0.2, 0.25) is 0 Å². The molecule has 0 aromatic heterocycles. The van der Waals surface area contributed by atoms with Crippen LogP contribution in [-0.2, 0) is 0 Å². The smallest absolute Gasteiger partial charge is 0.0246 e. The molecule has 0 aliphatic carbocycles. The molecule has 0 amide bonds. The van der Waals surface area contributed by atoms with Crippen LogP contribution >= 0.6 is 0 Å². The Balaban J connectivity index is 0.000000302. The van der Waals surface area contributed by atoms with Crippen molar-refractivity contribution >= 4 is 6.21 Å². The first-order valence-electron chi connectivity index (χ1n) is 5.63. The second kappa shape index (κ2) is 9.34. The van der Waals surface area contributed by atoms with Crippen molar-refractivity contribution in [3.8, 4) is 0 Å². The van der Waals surface area contributed by atoms with Crippen LogP contribution in [0.2, 0.25) is 0 Å². The zero-order valence-corrected chi connectivity index (χ0v) is 10.9. The van der Waals surface area contributed by atoms with E-state index in [1.165, 1.54) is 17.3 Å². The van der Waals surface area contributed by atoms with Crippen molar-refractivity contribution in [3.05, 3.63) is 71.8 Å². The van der Waals surface area contributed by atoms with Gasteiger partial charge in [0.1, 0.15) is 0 Å². The number of nitrogens with one attached hydrogen (secondary N) is 1. The Labute approximate surface area is 105 Å². The van der Waals surface area contributed by atoms with E-state index in [-0.39, 0.29) is 0 Å². The quantitative estimate of drug-likeness (QED) is 0.575. The summed E-state index contributed by atoms with van der Waals surface area (Å²) >= 11 is 0. The van der Waals surface area contributed by atoms with Crippen LogP contribution in [0.1, 0.15) is 18.1 Å². The molecule has 0 heterocycles. The van der Waals surface area contributed by atoms with Crippen LogP contribution in [0, 0.1) is 19.3 Å². The van der Waals surface area contributed by atoms with Gasteiger partial charge in [0.05, 0.1) is 0 Å². The van der Waals surface area contributed by atoms with Gasteiger partial charge >= 0.3 is 0 Å². The highest BCUT2D eigenvalue weighted by Gasteiger charge is 1.80. The van der Waals surface area contributed by atoms with Gasteiger partial charge in [-0.05, 0) is 26.3 Å². The van der Waals surface area contributed by atoms with Crippen LogP contribution in [0.4, 0.5) is 0 Å². The molecular weight excluding hydrogens is 206 g/mol. The van der Waals surface area contributed by atoms with Gasteiger partial charge in [-0.15, -0.1) is 0 Å². The molecule has 0 spiro atoms. The van der Waals surface area contributed by atoms with Crippen molar-refractivity contribution in [1.82, 2.24) is 0 Å². The zero-order valence-electron chi connectivity index (χ0n) is 10.9. The highest BCUT2D eigenvalue weighted by atomic mass is 14.3. The van der Waals surface area contributed by atoms with Crippen molar-refractivity contribution in [2.45, 2.75) is 20.8 Å². The second-order valence-corrected chi connectivity index (χ2v) is 3.68. The largest absolute Gasteiger partial charge is 0.308 e. The molecule has 0 atom stereocenters. The summed E-state index contributed by atoms with van der Waals surface area (Å²) in [4.78, 5) is 0. The molecule has 0 bridgehead atoms. The monoisotopic (exact) mass is 227 g/mol. The highest BCUT2D eigenvalue weighted by Crippen LogP contribution is 1.99. The Morgan fingerprint density at radius 2 is 1.59 bits per heavy atom. The Morgan fingerprint density at radius 3 is 1.88 bits per heavy atom. The van der Waals surface area contributed by atoms with E-state index in [9.17, 15) is 0 Å². The van der Waals surface area contributed by atoms with Gasteiger partial charge < -0.3 is 5.41 Å². The minimum atomic E-state index is 0.898. The van der Waals surface area contributed by atoms with Crippen LogP contribution in [0.25, 0.3) is 0 Å². The van der Waals surface area contributed by atoms with E-state index < -0.39 is 0 Å². The molecule has 1 aromatic carbocycles. The third kappa shape index (κ3) is 7.97. The summed E-state index contributed by atoms with van der Waals surface area (Å²) < 4.78 is 0. The van der Waals surface area contributed by atoms with Crippen LogP contribution < -0.4 is 0 Å². The third-order valence-corrected chi connectivity index (χ3v) is 2.14. The standard InChI is InChI=1S/C8H11N.C8H10/c1-3-5-6-8(4-2)7-9;1-7-3-5-8(2)6-4-7/h3-7,9H,1H2,2H3;3-6H,1-2H3/b6-5-,8-4+,9-7?;. The normalized spacial score (nSPS) is 10.6. The molecular formula is C16H21N. The molecule has 0 aliphatic rings. The Morgan fingerprint density at radius 1 is 1.12 bits per heavy atom. The molecule has 17 heavy (non-hydrogen) atoms. The number of hydrogen-bond acceptors (Lipinski definition) is 1. The summed E-state index contributed by atoms with van der Waals surface area (Å²) in [5, 5.41) is 6.86. The van der Waals surface area contributed by atoms with Gasteiger partial charge in [-0.3, -0.25) is 0 Å². The first-order valence-corrected chi connectivity index (χ1v) is 5.63. The van der Waals surface area contributed by atoms with Gasteiger partial charge in [0.15, 0.2) is 0 Å². The van der Waals surface area contributed by atoms with Crippen LogP contribution in [0.15, 0.2) is 60.7 Å². The fourth-order valence-electron chi connectivity index (χ4n) is 1.04. The van der Waals surface area contributed by atoms with Gasteiger partial charge in [-0.1, -0.05) is 66.3 Å². The van der Waals surface area contributed by atoms with E-state index in [4.69, 9.17) is 5.41 Å². The molecule has 1 rings (SSSR count). The number of benzene rings is 1. The second-order valence-electron chi connectivity index (χ2n) is 3.68. The van der Waals surface area contributed by atoms with Gasteiger partial charge in [0, 0.05) is 6.21 Å². The summed E-state index contributed by atoms with van der Waals surface area (Å²) in [5.41, 5.74) is 3.56. The lowest BCUT2D eigenvalue weighted by molar-refractivity contribution is 1.40. The van der Waals surface area contributed by atoms with Crippen molar-refractivity contribution in [3.63, 3.8) is 0 Å². The lowest BCUT2D eigenvalue weighted by atomic mass is 10.2. The van der Waals surface area contributed by atoms with Crippen molar-refractivity contribution < 1.29 is 0 Å². The molecule has 90 valence electrons. The van der Waals surface area contributed by atoms with E-state index in [1.807, 2.05) is 19.1 Å². The van der Waals surface area contributed by atoms with E-state index >= 15 is 0 Å². The first-order chi connectivity index (χ1) is 8.13. The summed E-state index contributed by atoms with van der Waals surface area (Å²) in [7, 11) is 0. The minimum absolute atomic E-state index is 0.898. The average molecular weight is 227 g/mol.